The van der Waals surface area contributed by atoms with Crippen LogP contribution in [0.1, 0.15) is 30.3 Å². The van der Waals surface area contributed by atoms with E-state index in [2.05, 4.69) is 14.6 Å². The number of ether oxygens (including phenoxy) is 1. The van der Waals surface area contributed by atoms with Gasteiger partial charge in [-0.05, 0) is 19.4 Å². The molecule has 3 heterocycles. The molecule has 2 N–H and O–H groups in total. The number of aryl methyl sites for hydroxylation is 1. The lowest BCUT2D eigenvalue weighted by atomic mass is 10.00. The Balaban J connectivity index is 1.93. The summed E-state index contributed by atoms with van der Waals surface area (Å²) in [5.74, 6) is 2.50. The topological polar surface area (TPSA) is 70.4 Å². The van der Waals surface area contributed by atoms with Gasteiger partial charge in [0.25, 0.3) is 0 Å². The zero-order valence-corrected chi connectivity index (χ0v) is 10.7. The summed E-state index contributed by atoms with van der Waals surface area (Å²) in [5, 5.41) is 4.66. The summed E-state index contributed by atoms with van der Waals surface area (Å²) in [5.41, 5.74) is 6.55. The summed E-state index contributed by atoms with van der Waals surface area (Å²) < 4.78 is 9.36. The smallest absolute Gasteiger partial charge is 0.232 e. The Labute approximate surface area is 106 Å². The Hall–Kier alpha value is -1.40. The van der Waals surface area contributed by atoms with Crippen LogP contribution < -0.4 is 5.73 Å². The van der Waals surface area contributed by atoms with Gasteiger partial charge in [-0.15, -0.1) is 0 Å². The lowest BCUT2D eigenvalue weighted by Gasteiger charge is -2.20. The van der Waals surface area contributed by atoms with Gasteiger partial charge < -0.3 is 10.5 Å². The molecule has 6 nitrogen and oxygen atoms in total. The van der Waals surface area contributed by atoms with Crippen LogP contribution in [0.5, 0.6) is 0 Å². The maximum Gasteiger partial charge on any atom is 0.232 e. The van der Waals surface area contributed by atoms with E-state index < -0.39 is 0 Å². The summed E-state index contributed by atoms with van der Waals surface area (Å²) in [6.45, 7) is 2.28. The molecule has 1 aliphatic heterocycles. The molecule has 6 heteroatoms. The van der Waals surface area contributed by atoms with Gasteiger partial charge in [-0.2, -0.15) is 5.10 Å². The monoisotopic (exact) mass is 249 g/mol. The molecule has 3 rings (SSSR count). The van der Waals surface area contributed by atoms with Crippen molar-refractivity contribution < 1.29 is 4.74 Å². The first-order valence-corrected chi connectivity index (χ1v) is 6.48. The fraction of sp³-hybridized carbons (Fsp3) is 0.667. The van der Waals surface area contributed by atoms with Crippen LogP contribution in [0, 0.1) is 0 Å². The second-order valence-corrected chi connectivity index (χ2v) is 4.82. The number of nitrogens with zero attached hydrogens (tertiary/aromatic N) is 4. The first-order chi connectivity index (χ1) is 8.79. The molecule has 1 fully saturated rings. The molecule has 0 amide bonds. The van der Waals surface area contributed by atoms with Gasteiger partial charge in [0.15, 0.2) is 0 Å². The van der Waals surface area contributed by atoms with E-state index in [0.717, 1.165) is 49.8 Å². The molecule has 0 unspecified atom stereocenters. The summed E-state index contributed by atoms with van der Waals surface area (Å²) in [7, 11) is 2.03. The third kappa shape index (κ3) is 1.91. The largest absolute Gasteiger partial charge is 0.381 e. The molecule has 18 heavy (non-hydrogen) atoms. The van der Waals surface area contributed by atoms with Crippen molar-refractivity contribution in [1.82, 2.24) is 19.2 Å². The van der Waals surface area contributed by atoms with Crippen molar-refractivity contribution in [3.8, 4) is 0 Å². The lowest BCUT2D eigenvalue weighted by Crippen LogP contribution is -2.17. The summed E-state index contributed by atoms with van der Waals surface area (Å²) in [6, 6.07) is 0. The standard InChI is InChI=1S/C12H19N5O/c1-16-11(9-3-6-18-7-4-9)15-17-8-10(2-5-13)14-12(16)17/h8-9H,2-7,13H2,1H3. The van der Waals surface area contributed by atoms with Crippen LogP contribution in [0.15, 0.2) is 6.20 Å². The van der Waals surface area contributed by atoms with Gasteiger partial charge in [0.05, 0.1) is 11.9 Å². The van der Waals surface area contributed by atoms with Gasteiger partial charge >= 0.3 is 0 Å². The summed E-state index contributed by atoms with van der Waals surface area (Å²) in [6.07, 6.45) is 4.87. The Morgan fingerprint density at radius 2 is 2.22 bits per heavy atom. The number of hydrogen-bond acceptors (Lipinski definition) is 4. The first-order valence-electron chi connectivity index (χ1n) is 6.48. The first kappa shape index (κ1) is 11.7. The Bertz CT molecular complexity index is 538. The van der Waals surface area contributed by atoms with Crippen molar-refractivity contribution in [2.45, 2.75) is 25.2 Å². The highest BCUT2D eigenvalue weighted by molar-refractivity contribution is 5.32. The van der Waals surface area contributed by atoms with E-state index in [1.54, 1.807) is 0 Å². The van der Waals surface area contributed by atoms with Crippen LogP contribution in [0.2, 0.25) is 0 Å². The van der Waals surface area contributed by atoms with E-state index in [1.165, 1.54) is 0 Å². The molecule has 1 aliphatic rings. The molecule has 0 bridgehead atoms. The maximum absolute atomic E-state index is 5.55. The van der Waals surface area contributed by atoms with Crippen LogP contribution in [-0.2, 0) is 18.2 Å². The molecular weight excluding hydrogens is 230 g/mol. The zero-order valence-electron chi connectivity index (χ0n) is 10.7. The van der Waals surface area contributed by atoms with E-state index in [4.69, 9.17) is 10.5 Å². The molecule has 2 aromatic heterocycles. The Morgan fingerprint density at radius 1 is 1.44 bits per heavy atom. The third-order valence-electron chi connectivity index (χ3n) is 3.56. The van der Waals surface area contributed by atoms with Gasteiger partial charge in [-0.1, -0.05) is 0 Å². The number of fused-ring (bicyclic) bond motifs is 1. The SMILES string of the molecule is Cn1c(C2CCOCC2)nn2cc(CCN)nc12. The minimum Gasteiger partial charge on any atom is -0.381 e. The van der Waals surface area contributed by atoms with Gasteiger partial charge in [0.1, 0.15) is 5.82 Å². The number of nitrogens with two attached hydrogens (primary N) is 1. The van der Waals surface area contributed by atoms with Crippen molar-refractivity contribution in [2.75, 3.05) is 19.8 Å². The fourth-order valence-corrected chi connectivity index (χ4v) is 2.57. The van der Waals surface area contributed by atoms with Crippen LogP contribution >= 0.6 is 0 Å². The number of rotatable bonds is 3. The molecule has 0 saturated carbocycles. The van der Waals surface area contributed by atoms with E-state index in [1.807, 2.05) is 17.8 Å². The van der Waals surface area contributed by atoms with Crippen molar-refractivity contribution in [3.63, 3.8) is 0 Å². The summed E-state index contributed by atoms with van der Waals surface area (Å²) in [4.78, 5) is 4.57. The van der Waals surface area contributed by atoms with E-state index in [-0.39, 0.29) is 0 Å². The number of aromatic nitrogens is 4. The van der Waals surface area contributed by atoms with Crippen molar-refractivity contribution in [1.29, 1.82) is 0 Å². The van der Waals surface area contributed by atoms with Crippen molar-refractivity contribution in [3.05, 3.63) is 17.7 Å². The average molecular weight is 249 g/mol. The second kappa shape index (κ2) is 4.70. The van der Waals surface area contributed by atoms with Crippen molar-refractivity contribution >= 4 is 5.78 Å². The number of hydrogen-bond donors (Lipinski definition) is 1. The van der Waals surface area contributed by atoms with Crippen LogP contribution in [0.4, 0.5) is 0 Å². The van der Waals surface area contributed by atoms with Gasteiger partial charge in [0.2, 0.25) is 5.78 Å². The highest BCUT2D eigenvalue weighted by atomic mass is 16.5. The van der Waals surface area contributed by atoms with Crippen LogP contribution in [-0.4, -0.2) is 38.9 Å². The van der Waals surface area contributed by atoms with Gasteiger partial charge in [-0.3, -0.25) is 4.57 Å². The van der Waals surface area contributed by atoms with E-state index in [9.17, 15) is 0 Å². The van der Waals surface area contributed by atoms with Gasteiger partial charge in [0, 0.05) is 32.6 Å². The van der Waals surface area contributed by atoms with Crippen LogP contribution in [0.3, 0.4) is 0 Å². The quantitative estimate of drug-likeness (QED) is 0.858. The van der Waals surface area contributed by atoms with E-state index >= 15 is 0 Å². The Kier molecular flexibility index (Phi) is 3.05. The highest BCUT2D eigenvalue weighted by Crippen LogP contribution is 2.26. The molecule has 0 spiro atoms. The predicted octanol–water partition coefficient (Wildman–Crippen LogP) is 0.463. The van der Waals surface area contributed by atoms with Gasteiger partial charge in [-0.25, -0.2) is 9.50 Å². The Morgan fingerprint density at radius 3 is 2.89 bits per heavy atom. The number of imidazole rings is 1. The lowest BCUT2D eigenvalue weighted by molar-refractivity contribution is 0.0829. The third-order valence-corrected chi connectivity index (χ3v) is 3.56. The molecule has 0 aliphatic carbocycles. The molecule has 0 radical (unpaired) electrons. The molecule has 0 atom stereocenters. The van der Waals surface area contributed by atoms with E-state index in [0.29, 0.717) is 12.5 Å². The highest BCUT2D eigenvalue weighted by Gasteiger charge is 2.22. The summed E-state index contributed by atoms with van der Waals surface area (Å²) >= 11 is 0. The molecule has 1 saturated heterocycles. The maximum atomic E-state index is 5.55. The molecule has 98 valence electrons. The zero-order chi connectivity index (χ0) is 12.5. The van der Waals surface area contributed by atoms with Crippen molar-refractivity contribution in [2.24, 2.45) is 12.8 Å². The minimum absolute atomic E-state index is 0.489. The minimum atomic E-state index is 0.489. The second-order valence-electron chi connectivity index (χ2n) is 4.82. The average Bonchev–Trinajstić information content (AvgIpc) is 2.91. The predicted molar refractivity (Wildman–Crippen MR) is 67.5 cm³/mol. The molecule has 0 aromatic carbocycles. The molecule has 2 aromatic rings. The molecular formula is C12H19N5O. The van der Waals surface area contributed by atoms with Crippen LogP contribution in [0.25, 0.3) is 5.78 Å². The normalized spacial score (nSPS) is 17.7. The fourth-order valence-electron chi connectivity index (χ4n) is 2.57.